The number of carbonyl (C=O) groups is 2. The van der Waals surface area contributed by atoms with Crippen LogP contribution < -0.4 is 0 Å². The first-order valence-corrected chi connectivity index (χ1v) is 7.76. The zero-order chi connectivity index (χ0) is 14.5. The number of rotatable bonds is 4. The van der Waals surface area contributed by atoms with Crippen LogP contribution in [0.3, 0.4) is 0 Å². The second kappa shape index (κ2) is 7.10. The number of carbonyl (C=O) groups excluding carboxylic acids is 2. The van der Waals surface area contributed by atoms with E-state index < -0.39 is 12.3 Å². The molecule has 0 spiro atoms. The summed E-state index contributed by atoms with van der Waals surface area (Å²) in [5.41, 5.74) is 0.173. The van der Waals surface area contributed by atoms with Gasteiger partial charge in [0, 0.05) is 11.4 Å². The van der Waals surface area contributed by atoms with E-state index in [1.54, 1.807) is 24.3 Å². The van der Waals surface area contributed by atoms with Gasteiger partial charge in [-0.25, -0.2) is 4.79 Å². The highest BCUT2D eigenvalue weighted by molar-refractivity contribution is 9.10. The molecule has 0 aromatic heterocycles. The number of benzene rings is 1. The Bertz CT molecular complexity index is 490. The summed E-state index contributed by atoms with van der Waals surface area (Å²) in [6, 6.07) is 6.90. The molecule has 0 radical (unpaired) electrons. The number of hydrogen-bond acceptors (Lipinski definition) is 6. The van der Waals surface area contributed by atoms with Crippen molar-refractivity contribution >= 4 is 39.6 Å². The van der Waals surface area contributed by atoms with Crippen molar-refractivity contribution in [1.82, 2.24) is 0 Å². The fraction of sp³-hybridized carbons (Fsp3) is 0.385. The first kappa shape index (κ1) is 15.3. The van der Waals surface area contributed by atoms with Crippen molar-refractivity contribution in [3.8, 4) is 0 Å². The lowest BCUT2D eigenvalue weighted by Crippen LogP contribution is -2.22. The van der Waals surface area contributed by atoms with Crippen LogP contribution in [-0.2, 0) is 19.0 Å². The van der Waals surface area contributed by atoms with E-state index >= 15 is 0 Å². The summed E-state index contributed by atoms with van der Waals surface area (Å²) in [4.78, 5) is 22.6. The molecule has 1 aliphatic rings. The summed E-state index contributed by atoms with van der Waals surface area (Å²) < 4.78 is 16.4. The van der Waals surface area contributed by atoms with E-state index in [2.05, 4.69) is 15.9 Å². The Morgan fingerprint density at radius 3 is 2.75 bits per heavy atom. The molecule has 1 saturated heterocycles. The molecule has 0 bridgehead atoms. The van der Waals surface area contributed by atoms with E-state index in [1.807, 2.05) is 0 Å². The minimum Gasteiger partial charge on any atom is -0.458 e. The largest absolute Gasteiger partial charge is 0.458 e. The first-order valence-electron chi connectivity index (χ1n) is 5.91. The van der Waals surface area contributed by atoms with E-state index in [1.165, 1.54) is 18.7 Å². The van der Waals surface area contributed by atoms with Crippen LogP contribution >= 0.6 is 27.7 Å². The summed E-state index contributed by atoms with van der Waals surface area (Å²) >= 11 is 4.74. The zero-order valence-corrected chi connectivity index (χ0v) is 13.1. The minimum atomic E-state index is -0.561. The Hall–Kier alpha value is -1.05. The third-order valence-electron chi connectivity index (χ3n) is 2.45. The highest BCUT2D eigenvalue weighted by atomic mass is 79.9. The molecule has 1 aliphatic heterocycles. The average Bonchev–Trinajstić information content (AvgIpc) is 2.83. The summed E-state index contributed by atoms with van der Waals surface area (Å²) in [5, 5.41) is 0. The fourth-order valence-corrected chi connectivity index (χ4v) is 2.73. The molecule has 1 aromatic carbocycles. The molecular weight excluding hydrogens is 348 g/mol. The van der Waals surface area contributed by atoms with Gasteiger partial charge in [0.05, 0.1) is 11.3 Å². The molecule has 2 unspecified atom stereocenters. The van der Waals surface area contributed by atoms with Gasteiger partial charge in [-0.1, -0.05) is 15.9 Å². The number of ether oxygens (including phenoxy) is 3. The van der Waals surface area contributed by atoms with Gasteiger partial charge in [-0.05, 0) is 24.3 Å². The lowest BCUT2D eigenvalue weighted by Gasteiger charge is -2.12. The van der Waals surface area contributed by atoms with Gasteiger partial charge in [0.15, 0.2) is 0 Å². The van der Waals surface area contributed by atoms with Gasteiger partial charge >= 0.3 is 11.9 Å². The number of thioether (sulfide) groups is 1. The van der Waals surface area contributed by atoms with Crippen molar-refractivity contribution in [3.05, 3.63) is 34.3 Å². The maximum atomic E-state index is 11.8. The summed E-state index contributed by atoms with van der Waals surface area (Å²) in [5.74, 6) is -0.249. The van der Waals surface area contributed by atoms with Crippen LogP contribution in [-0.4, -0.2) is 36.0 Å². The highest BCUT2D eigenvalue weighted by Gasteiger charge is 2.29. The summed E-state index contributed by atoms with van der Waals surface area (Å²) in [7, 11) is 0. The third-order valence-corrected chi connectivity index (χ3v) is 4.06. The van der Waals surface area contributed by atoms with Crippen LogP contribution in [0.5, 0.6) is 0 Å². The van der Waals surface area contributed by atoms with Crippen molar-refractivity contribution in [2.45, 2.75) is 18.6 Å². The highest BCUT2D eigenvalue weighted by Crippen LogP contribution is 2.26. The molecule has 7 heteroatoms. The van der Waals surface area contributed by atoms with E-state index in [-0.39, 0.29) is 18.0 Å². The van der Waals surface area contributed by atoms with Crippen LogP contribution in [0.25, 0.3) is 0 Å². The smallest absolute Gasteiger partial charge is 0.338 e. The molecule has 1 fully saturated rings. The third kappa shape index (κ3) is 4.50. The van der Waals surface area contributed by atoms with Crippen LogP contribution in [0.15, 0.2) is 28.7 Å². The molecule has 0 amide bonds. The van der Waals surface area contributed by atoms with Crippen molar-refractivity contribution in [3.63, 3.8) is 0 Å². The average molecular weight is 361 g/mol. The van der Waals surface area contributed by atoms with Gasteiger partial charge in [-0.15, -0.1) is 11.8 Å². The lowest BCUT2D eigenvalue weighted by molar-refractivity contribution is -0.172. The molecule has 0 aliphatic carbocycles. The van der Waals surface area contributed by atoms with Crippen LogP contribution in [0.4, 0.5) is 0 Å². The molecule has 20 heavy (non-hydrogen) atoms. The molecule has 1 heterocycles. The predicted octanol–water partition coefficient (Wildman–Crippen LogP) is 2.58. The van der Waals surface area contributed by atoms with Gasteiger partial charge in [0.25, 0.3) is 0 Å². The van der Waals surface area contributed by atoms with E-state index in [0.29, 0.717) is 11.3 Å². The molecule has 5 nitrogen and oxygen atoms in total. The molecule has 0 saturated carbocycles. The van der Waals surface area contributed by atoms with E-state index in [4.69, 9.17) is 14.2 Å². The SMILES string of the molecule is CC(=O)OC1CSC(COC(=O)c2ccc(Br)cc2)O1. The molecular formula is C13H13BrO5S. The standard InChI is InChI=1S/C13H13BrO5S/c1-8(15)18-11-7-20-12(19-11)6-17-13(16)9-2-4-10(14)5-3-9/h2-5,11-12H,6-7H2,1H3. The fourth-order valence-electron chi connectivity index (χ4n) is 1.58. The Labute approximate surface area is 129 Å². The van der Waals surface area contributed by atoms with E-state index in [0.717, 1.165) is 4.47 Å². The van der Waals surface area contributed by atoms with Gasteiger partial charge in [-0.2, -0.15) is 0 Å². The van der Waals surface area contributed by atoms with Gasteiger partial charge in [0.1, 0.15) is 12.0 Å². The Balaban J connectivity index is 1.77. The lowest BCUT2D eigenvalue weighted by atomic mass is 10.2. The second-order valence-corrected chi connectivity index (χ2v) is 6.15. The number of halogens is 1. The normalized spacial score (nSPS) is 21.5. The summed E-state index contributed by atoms with van der Waals surface area (Å²) in [6.07, 6.45) is -0.561. The van der Waals surface area contributed by atoms with Crippen LogP contribution in [0, 0.1) is 0 Å². The van der Waals surface area contributed by atoms with Crippen LogP contribution in [0.1, 0.15) is 17.3 Å². The number of hydrogen-bond donors (Lipinski definition) is 0. The Morgan fingerprint density at radius 2 is 2.10 bits per heavy atom. The van der Waals surface area contributed by atoms with Gasteiger partial charge in [-0.3, -0.25) is 4.79 Å². The number of esters is 2. The molecule has 108 valence electrons. The molecule has 0 N–H and O–H groups in total. The molecule has 1 aromatic rings. The molecule has 2 atom stereocenters. The van der Waals surface area contributed by atoms with Crippen molar-refractivity contribution in [2.24, 2.45) is 0 Å². The topological polar surface area (TPSA) is 61.8 Å². The van der Waals surface area contributed by atoms with Crippen molar-refractivity contribution in [2.75, 3.05) is 12.4 Å². The zero-order valence-electron chi connectivity index (χ0n) is 10.7. The van der Waals surface area contributed by atoms with Gasteiger partial charge < -0.3 is 14.2 Å². The van der Waals surface area contributed by atoms with Crippen molar-refractivity contribution in [1.29, 1.82) is 0 Å². The van der Waals surface area contributed by atoms with Gasteiger partial charge in [0.2, 0.25) is 6.29 Å². The maximum absolute atomic E-state index is 11.8. The van der Waals surface area contributed by atoms with Crippen molar-refractivity contribution < 1.29 is 23.8 Å². The van der Waals surface area contributed by atoms with Crippen LogP contribution in [0.2, 0.25) is 0 Å². The quantitative estimate of drug-likeness (QED) is 0.769. The Morgan fingerprint density at radius 1 is 1.40 bits per heavy atom. The van der Waals surface area contributed by atoms with E-state index in [9.17, 15) is 9.59 Å². The first-order chi connectivity index (χ1) is 9.54. The second-order valence-electron chi connectivity index (χ2n) is 4.04. The minimum absolute atomic E-state index is 0.122. The predicted molar refractivity (Wildman–Crippen MR) is 77.3 cm³/mol. The monoisotopic (exact) mass is 360 g/mol. The summed E-state index contributed by atoms with van der Waals surface area (Å²) in [6.45, 7) is 1.45. The molecule has 2 rings (SSSR count). The maximum Gasteiger partial charge on any atom is 0.338 e. The Kier molecular flexibility index (Phi) is 5.45.